The van der Waals surface area contributed by atoms with Gasteiger partial charge in [-0.25, -0.2) is 0 Å². The van der Waals surface area contributed by atoms with Gasteiger partial charge in [-0.1, -0.05) is 109 Å². The Morgan fingerprint density at radius 1 is 0.397 bits per heavy atom. The quantitative estimate of drug-likeness (QED) is 0.153. The summed E-state index contributed by atoms with van der Waals surface area (Å²) in [7, 11) is 0. The van der Waals surface area contributed by atoms with Crippen LogP contribution in [0.4, 0.5) is 26.3 Å². The van der Waals surface area contributed by atoms with Crippen LogP contribution < -0.4 is 0 Å². The Morgan fingerprint density at radius 3 is 1.44 bits per heavy atom. The van der Waals surface area contributed by atoms with E-state index in [0.717, 1.165) is 83.1 Å². The first-order valence-corrected chi connectivity index (χ1v) is 22.0. The van der Waals surface area contributed by atoms with Crippen molar-refractivity contribution in [2.75, 3.05) is 0 Å². The lowest BCUT2D eigenvalue weighted by Gasteiger charge is -2.23. The van der Waals surface area contributed by atoms with Crippen LogP contribution >= 0.6 is 0 Å². The molecule has 0 bridgehead atoms. The van der Waals surface area contributed by atoms with Crippen LogP contribution in [0.2, 0.25) is 0 Å². The van der Waals surface area contributed by atoms with Crippen molar-refractivity contribution in [3.05, 3.63) is 216 Å². The van der Waals surface area contributed by atoms with Gasteiger partial charge in [0.1, 0.15) is 0 Å². The molecule has 3 nitrogen and oxygen atoms in total. The highest BCUT2D eigenvalue weighted by Gasteiger charge is 2.42. The molecule has 68 heavy (non-hydrogen) atoms. The molecule has 0 saturated carbocycles. The van der Waals surface area contributed by atoms with Crippen molar-refractivity contribution < 1.29 is 26.3 Å². The first kappa shape index (κ1) is 42.3. The Balaban J connectivity index is 1.24. The second kappa shape index (κ2) is 15.9. The molecule has 9 aromatic carbocycles. The largest absolute Gasteiger partial charge is 0.417 e. The first-order valence-electron chi connectivity index (χ1n) is 22.0. The number of hydrogen-bond donors (Lipinski definition) is 0. The molecule has 0 atom stereocenters. The van der Waals surface area contributed by atoms with Crippen molar-refractivity contribution in [2.24, 2.45) is 0 Å². The highest BCUT2D eigenvalue weighted by atomic mass is 19.4. The fourth-order valence-corrected chi connectivity index (χ4v) is 10.1. The lowest BCUT2D eigenvalue weighted by Crippen LogP contribution is -2.14. The number of nitrogens with zero attached hydrogens (tertiary/aromatic N) is 3. The van der Waals surface area contributed by atoms with Crippen molar-refractivity contribution in [3.63, 3.8) is 0 Å². The van der Waals surface area contributed by atoms with Crippen LogP contribution in [0.1, 0.15) is 27.8 Å². The van der Waals surface area contributed by atoms with E-state index < -0.39 is 29.0 Å². The third-order valence-corrected chi connectivity index (χ3v) is 13.1. The number of hydrogen-bond acceptors (Lipinski definition) is 1. The molecule has 0 fully saturated rings. The average Bonchev–Trinajstić information content (AvgIpc) is 3.85. The number of nitriles is 1. The van der Waals surface area contributed by atoms with E-state index in [-0.39, 0.29) is 22.3 Å². The van der Waals surface area contributed by atoms with Gasteiger partial charge in [-0.3, -0.25) is 0 Å². The maximum Gasteiger partial charge on any atom is 0.417 e. The van der Waals surface area contributed by atoms with Gasteiger partial charge in [-0.2, -0.15) is 31.6 Å². The predicted molar refractivity (Wildman–Crippen MR) is 261 cm³/mol. The molecule has 0 radical (unpaired) electrons. The van der Waals surface area contributed by atoms with Gasteiger partial charge in [-0.05, 0) is 137 Å². The minimum absolute atomic E-state index is 0.0710. The zero-order valence-corrected chi connectivity index (χ0v) is 36.5. The van der Waals surface area contributed by atoms with Crippen LogP contribution in [0, 0.1) is 25.2 Å². The second-order valence-corrected chi connectivity index (χ2v) is 17.1. The summed E-state index contributed by atoms with van der Waals surface area (Å²) in [4.78, 5) is 0. The molecule has 0 saturated heterocycles. The van der Waals surface area contributed by atoms with Crippen LogP contribution in [0.15, 0.2) is 188 Å². The maximum absolute atomic E-state index is 15.2. The van der Waals surface area contributed by atoms with E-state index in [0.29, 0.717) is 23.5 Å². The van der Waals surface area contributed by atoms with Crippen LogP contribution in [0.5, 0.6) is 0 Å². The molecule has 0 amide bonds. The SMILES string of the molecule is Cc1ccccc1-c1ccc2c(c1)c1ccccc1n2-c1ccc(-c2c(C(F)(F)F)cccc2C(F)(F)F)c(-c2cc(C#N)ccc2-n2c3ccccc3c3cc(-c4ccccc4C)ccc32)c1. The van der Waals surface area contributed by atoms with Crippen LogP contribution in [0.25, 0.3) is 99.5 Å². The van der Waals surface area contributed by atoms with Crippen LogP contribution in [-0.2, 0) is 12.4 Å². The number of halogens is 6. The Morgan fingerprint density at radius 2 is 0.897 bits per heavy atom. The molecule has 0 N–H and O–H groups in total. The summed E-state index contributed by atoms with van der Waals surface area (Å²) in [6.07, 6.45) is -10.3. The lowest BCUT2D eigenvalue weighted by atomic mass is 9.86. The Hall–Kier alpha value is -8.35. The Labute approximate surface area is 387 Å². The van der Waals surface area contributed by atoms with E-state index in [9.17, 15) is 5.26 Å². The molecule has 0 spiro atoms. The fourth-order valence-electron chi connectivity index (χ4n) is 10.1. The summed E-state index contributed by atoms with van der Waals surface area (Å²) in [5.74, 6) is 0. The molecule has 0 aliphatic heterocycles. The summed E-state index contributed by atoms with van der Waals surface area (Å²) >= 11 is 0. The summed E-state index contributed by atoms with van der Waals surface area (Å²) in [5.41, 5.74) is 6.64. The van der Waals surface area contributed by atoms with E-state index in [1.165, 1.54) is 6.07 Å². The van der Waals surface area contributed by atoms with Crippen molar-refractivity contribution in [1.29, 1.82) is 5.26 Å². The summed E-state index contributed by atoms with van der Waals surface area (Å²) in [6, 6.07) is 57.7. The smallest absolute Gasteiger partial charge is 0.309 e. The molecule has 2 heterocycles. The molecule has 2 aromatic heterocycles. The summed E-state index contributed by atoms with van der Waals surface area (Å²) < 4.78 is 95.2. The van der Waals surface area contributed by atoms with Gasteiger partial charge >= 0.3 is 12.4 Å². The fraction of sp³-hybridized carbons (Fsp3) is 0.0678. The third kappa shape index (κ3) is 6.91. The predicted octanol–water partition coefficient (Wildman–Crippen LogP) is 17.1. The highest BCUT2D eigenvalue weighted by molar-refractivity contribution is 6.12. The zero-order valence-electron chi connectivity index (χ0n) is 36.5. The van der Waals surface area contributed by atoms with Gasteiger partial charge in [-0.15, -0.1) is 0 Å². The zero-order chi connectivity index (χ0) is 47.1. The van der Waals surface area contributed by atoms with Gasteiger partial charge in [0.05, 0.1) is 50.5 Å². The molecule has 9 heteroatoms. The van der Waals surface area contributed by atoms with E-state index in [1.807, 2.05) is 132 Å². The number of para-hydroxylation sites is 2. The maximum atomic E-state index is 15.2. The summed E-state index contributed by atoms with van der Waals surface area (Å²) in [5, 5.41) is 14.0. The van der Waals surface area contributed by atoms with Gasteiger partial charge < -0.3 is 9.13 Å². The number of fused-ring (bicyclic) bond motifs is 6. The van der Waals surface area contributed by atoms with Crippen molar-refractivity contribution >= 4 is 43.6 Å². The van der Waals surface area contributed by atoms with Crippen LogP contribution in [0.3, 0.4) is 0 Å². The number of alkyl halides is 6. The normalized spacial score (nSPS) is 12.1. The molecule has 0 aliphatic carbocycles. The van der Waals surface area contributed by atoms with Gasteiger partial charge in [0, 0.05) is 38.4 Å². The average molecular weight is 902 g/mol. The topological polar surface area (TPSA) is 33.6 Å². The number of rotatable bonds is 6. The third-order valence-electron chi connectivity index (χ3n) is 13.1. The van der Waals surface area contributed by atoms with E-state index >= 15 is 26.3 Å². The lowest BCUT2D eigenvalue weighted by molar-refractivity contribution is -0.142. The monoisotopic (exact) mass is 901 g/mol. The molecule has 0 unspecified atom stereocenters. The van der Waals surface area contributed by atoms with Gasteiger partial charge in [0.2, 0.25) is 0 Å². The summed E-state index contributed by atoms with van der Waals surface area (Å²) in [6.45, 7) is 4.09. The number of aromatic nitrogens is 2. The van der Waals surface area contributed by atoms with Crippen molar-refractivity contribution in [3.8, 4) is 62.0 Å². The van der Waals surface area contributed by atoms with E-state index in [1.54, 1.807) is 30.3 Å². The van der Waals surface area contributed by atoms with Crippen molar-refractivity contribution in [1.82, 2.24) is 9.13 Å². The van der Waals surface area contributed by atoms with Gasteiger partial charge in [0.15, 0.2) is 0 Å². The molecule has 0 aliphatic rings. The van der Waals surface area contributed by atoms with Gasteiger partial charge in [0.25, 0.3) is 0 Å². The molecular formula is C59H37F6N3. The molecule has 11 aromatic rings. The standard InChI is InChI=1S/C59H37F6N3/c1-35-12-3-5-14-41(35)38-23-28-54-48(31-38)43-16-7-9-20-52(43)67(54)40-25-26-45(57-50(58(60,61)62)18-11-19-51(57)59(63,64)65)46(33-40)47-30-37(34-66)22-27-55(47)68-53-21-10-8-17-44(53)49-32-39(24-29-56(49)68)42-15-6-4-13-36(42)2/h3-33H,1-2H3. The second-order valence-electron chi connectivity index (χ2n) is 17.1. The van der Waals surface area contributed by atoms with E-state index in [2.05, 4.69) is 30.3 Å². The molecule has 330 valence electrons. The Kier molecular flexibility index (Phi) is 9.90. The molecule has 11 rings (SSSR count). The Bertz CT molecular complexity index is 3850. The first-order chi connectivity index (χ1) is 32.8. The minimum Gasteiger partial charge on any atom is -0.309 e. The molecular weight excluding hydrogens is 865 g/mol. The minimum atomic E-state index is -5.16. The van der Waals surface area contributed by atoms with E-state index in [4.69, 9.17) is 0 Å². The number of benzene rings is 9. The van der Waals surface area contributed by atoms with Crippen molar-refractivity contribution in [2.45, 2.75) is 26.2 Å². The highest BCUT2D eigenvalue weighted by Crippen LogP contribution is 2.50. The number of aryl methyl sites for hydroxylation is 2. The van der Waals surface area contributed by atoms with Crippen LogP contribution in [-0.4, -0.2) is 9.13 Å².